The van der Waals surface area contributed by atoms with Crippen molar-refractivity contribution in [2.75, 3.05) is 7.11 Å². The minimum absolute atomic E-state index is 0.0138. The Labute approximate surface area is 80.5 Å². The second-order valence-electron chi connectivity index (χ2n) is 2.95. The molecule has 0 amide bonds. The van der Waals surface area contributed by atoms with Crippen molar-refractivity contribution < 1.29 is 18.3 Å². The highest BCUT2D eigenvalue weighted by atomic mass is 19.1. The number of halogens is 2. The Morgan fingerprint density at radius 1 is 1.36 bits per heavy atom. The van der Waals surface area contributed by atoms with E-state index in [1.807, 2.05) is 0 Å². The molecule has 14 heavy (non-hydrogen) atoms. The molecular formula is C10H10F2O2. The summed E-state index contributed by atoms with van der Waals surface area (Å²) in [5, 5.41) is 0. The molecule has 0 saturated heterocycles. The van der Waals surface area contributed by atoms with Crippen LogP contribution in [0.3, 0.4) is 0 Å². The maximum Gasteiger partial charge on any atom is 0.310 e. The van der Waals surface area contributed by atoms with Gasteiger partial charge in [0.1, 0.15) is 11.6 Å². The zero-order valence-electron chi connectivity index (χ0n) is 7.93. The largest absolute Gasteiger partial charge is 0.469 e. The first-order valence-corrected chi connectivity index (χ1v) is 4.06. The number of esters is 1. The van der Waals surface area contributed by atoms with Crippen molar-refractivity contribution in [1.82, 2.24) is 0 Å². The first-order valence-electron chi connectivity index (χ1n) is 4.06. The second kappa shape index (κ2) is 4.17. The maximum absolute atomic E-state index is 13.2. The van der Waals surface area contributed by atoms with Gasteiger partial charge in [0.2, 0.25) is 0 Å². The Balaban J connectivity index is 2.98. The lowest BCUT2D eigenvalue weighted by atomic mass is 10.1. The molecule has 0 N–H and O–H groups in total. The minimum atomic E-state index is -0.591. The van der Waals surface area contributed by atoms with Gasteiger partial charge in [-0.25, -0.2) is 8.78 Å². The van der Waals surface area contributed by atoms with Crippen LogP contribution in [-0.2, 0) is 16.0 Å². The summed E-state index contributed by atoms with van der Waals surface area (Å²) in [5.74, 6) is -1.70. The van der Waals surface area contributed by atoms with Gasteiger partial charge in [0, 0.05) is 5.56 Å². The van der Waals surface area contributed by atoms with Crippen molar-refractivity contribution in [2.45, 2.75) is 13.3 Å². The summed E-state index contributed by atoms with van der Waals surface area (Å²) in [5.41, 5.74) is 0.232. The van der Waals surface area contributed by atoms with Gasteiger partial charge < -0.3 is 4.74 Å². The molecule has 0 bridgehead atoms. The maximum atomic E-state index is 13.2. The molecule has 0 heterocycles. The van der Waals surface area contributed by atoms with E-state index in [-0.39, 0.29) is 17.5 Å². The highest BCUT2D eigenvalue weighted by Gasteiger charge is 2.11. The lowest BCUT2D eigenvalue weighted by Gasteiger charge is -2.03. The molecule has 0 aliphatic rings. The topological polar surface area (TPSA) is 26.3 Å². The third-order valence-corrected chi connectivity index (χ3v) is 1.89. The summed E-state index contributed by atoms with van der Waals surface area (Å²) in [4.78, 5) is 10.8. The molecule has 0 unspecified atom stereocenters. The predicted molar refractivity (Wildman–Crippen MR) is 46.8 cm³/mol. The highest BCUT2D eigenvalue weighted by molar-refractivity contribution is 5.72. The molecule has 0 spiro atoms. The van der Waals surface area contributed by atoms with E-state index in [0.717, 1.165) is 12.1 Å². The van der Waals surface area contributed by atoms with Crippen LogP contribution in [0.15, 0.2) is 12.1 Å². The van der Waals surface area contributed by atoms with Crippen LogP contribution in [0.2, 0.25) is 0 Å². The standard InChI is InChI=1S/C10H10F2O2/c1-6-3-9(12)7(4-8(6)11)5-10(13)14-2/h3-4H,5H2,1-2H3. The van der Waals surface area contributed by atoms with E-state index < -0.39 is 17.6 Å². The number of ether oxygens (including phenoxy) is 1. The van der Waals surface area contributed by atoms with Crippen LogP contribution in [0.4, 0.5) is 8.78 Å². The van der Waals surface area contributed by atoms with Crippen LogP contribution in [0, 0.1) is 18.6 Å². The number of carbonyl (C=O) groups excluding carboxylic acids is 1. The van der Waals surface area contributed by atoms with Crippen LogP contribution in [0.25, 0.3) is 0 Å². The summed E-state index contributed by atoms with van der Waals surface area (Å²) in [6.07, 6.45) is -0.250. The van der Waals surface area contributed by atoms with Crippen molar-refractivity contribution in [2.24, 2.45) is 0 Å². The molecular weight excluding hydrogens is 190 g/mol. The molecule has 0 radical (unpaired) electrons. The molecule has 0 aliphatic heterocycles. The van der Waals surface area contributed by atoms with Crippen molar-refractivity contribution in [3.8, 4) is 0 Å². The molecule has 76 valence electrons. The third kappa shape index (κ3) is 2.28. The molecule has 0 aliphatic carbocycles. The number of methoxy groups -OCH3 is 1. The Kier molecular flexibility index (Phi) is 3.17. The van der Waals surface area contributed by atoms with Crippen LogP contribution >= 0.6 is 0 Å². The Hall–Kier alpha value is -1.45. The number of benzene rings is 1. The molecule has 0 atom stereocenters. The van der Waals surface area contributed by atoms with Crippen molar-refractivity contribution >= 4 is 5.97 Å². The van der Waals surface area contributed by atoms with Gasteiger partial charge in [-0.15, -0.1) is 0 Å². The first kappa shape index (κ1) is 10.6. The SMILES string of the molecule is COC(=O)Cc1cc(F)c(C)cc1F. The first-order chi connectivity index (χ1) is 6.54. The monoisotopic (exact) mass is 200 g/mol. The van der Waals surface area contributed by atoms with Gasteiger partial charge in [-0.1, -0.05) is 0 Å². The fraction of sp³-hybridized carbons (Fsp3) is 0.300. The van der Waals surface area contributed by atoms with Crippen LogP contribution in [0.5, 0.6) is 0 Å². The third-order valence-electron chi connectivity index (χ3n) is 1.89. The molecule has 0 fully saturated rings. The second-order valence-corrected chi connectivity index (χ2v) is 2.95. The number of aryl methyl sites for hydroxylation is 1. The van der Waals surface area contributed by atoms with E-state index >= 15 is 0 Å². The molecule has 1 aromatic rings. The van der Waals surface area contributed by atoms with Gasteiger partial charge in [0.15, 0.2) is 0 Å². The quantitative estimate of drug-likeness (QED) is 0.682. The highest BCUT2D eigenvalue weighted by Crippen LogP contribution is 2.14. The number of carbonyl (C=O) groups is 1. The summed E-state index contributed by atoms with van der Waals surface area (Å²) in [6, 6.07) is 2.08. The average Bonchev–Trinajstić information content (AvgIpc) is 2.14. The zero-order chi connectivity index (χ0) is 10.7. The predicted octanol–water partition coefficient (Wildman–Crippen LogP) is 1.99. The van der Waals surface area contributed by atoms with Crippen molar-refractivity contribution in [3.63, 3.8) is 0 Å². The molecule has 1 rings (SSSR count). The summed E-state index contributed by atoms with van der Waals surface area (Å²) < 4.78 is 30.5. The average molecular weight is 200 g/mol. The van der Waals surface area contributed by atoms with Crippen LogP contribution in [-0.4, -0.2) is 13.1 Å². The molecule has 2 nitrogen and oxygen atoms in total. The zero-order valence-corrected chi connectivity index (χ0v) is 7.93. The van der Waals surface area contributed by atoms with Gasteiger partial charge in [-0.3, -0.25) is 4.79 Å². The molecule has 0 aromatic heterocycles. The van der Waals surface area contributed by atoms with E-state index in [0.29, 0.717) is 0 Å². The van der Waals surface area contributed by atoms with E-state index in [4.69, 9.17) is 0 Å². The number of rotatable bonds is 2. The molecule has 1 aromatic carbocycles. The number of hydrogen-bond donors (Lipinski definition) is 0. The van der Waals surface area contributed by atoms with Gasteiger partial charge in [0.25, 0.3) is 0 Å². The fourth-order valence-corrected chi connectivity index (χ4v) is 1.05. The lowest BCUT2D eigenvalue weighted by molar-refractivity contribution is -0.139. The van der Waals surface area contributed by atoms with Gasteiger partial charge >= 0.3 is 5.97 Å². The smallest absolute Gasteiger partial charge is 0.310 e. The normalized spacial score (nSPS) is 10.0. The van der Waals surface area contributed by atoms with Crippen molar-refractivity contribution in [1.29, 1.82) is 0 Å². The summed E-state index contributed by atoms with van der Waals surface area (Å²) in [7, 11) is 1.20. The van der Waals surface area contributed by atoms with Gasteiger partial charge in [0.05, 0.1) is 13.5 Å². The van der Waals surface area contributed by atoms with Gasteiger partial charge in [-0.2, -0.15) is 0 Å². The Morgan fingerprint density at radius 2 is 2.00 bits per heavy atom. The summed E-state index contributed by atoms with van der Waals surface area (Å²) in [6.45, 7) is 1.46. The van der Waals surface area contributed by atoms with Crippen LogP contribution in [0.1, 0.15) is 11.1 Å². The lowest BCUT2D eigenvalue weighted by Crippen LogP contribution is -2.07. The Morgan fingerprint density at radius 3 is 2.57 bits per heavy atom. The van der Waals surface area contributed by atoms with E-state index in [9.17, 15) is 13.6 Å². The fourth-order valence-electron chi connectivity index (χ4n) is 1.05. The van der Waals surface area contributed by atoms with E-state index in [2.05, 4.69) is 4.74 Å². The van der Waals surface area contributed by atoms with Crippen molar-refractivity contribution in [3.05, 3.63) is 34.9 Å². The van der Waals surface area contributed by atoms with Gasteiger partial charge in [-0.05, 0) is 24.6 Å². The van der Waals surface area contributed by atoms with Crippen LogP contribution < -0.4 is 0 Å². The van der Waals surface area contributed by atoms with E-state index in [1.165, 1.54) is 14.0 Å². The van der Waals surface area contributed by atoms with E-state index in [1.54, 1.807) is 0 Å². The minimum Gasteiger partial charge on any atom is -0.469 e. The summed E-state index contributed by atoms with van der Waals surface area (Å²) >= 11 is 0. The Bertz CT molecular complexity index is 361. The number of hydrogen-bond acceptors (Lipinski definition) is 2. The molecule has 0 saturated carbocycles. The molecule has 4 heteroatoms.